The minimum Gasteiger partial charge on any atom is -0.478 e. The number of nitrogens with two attached hydrogens (primary N) is 1. The van der Waals surface area contributed by atoms with Gasteiger partial charge in [0.25, 0.3) is 0 Å². The Balaban J connectivity index is 0.000000203. The topological polar surface area (TPSA) is 98.8 Å². The number of thiol groups is 1. The van der Waals surface area contributed by atoms with Gasteiger partial charge in [-0.05, 0) is 70.1 Å². The molecule has 1 unspecified atom stereocenters. The van der Waals surface area contributed by atoms with Gasteiger partial charge >= 0.3 is 11.9 Å². The number of rotatable bonds is 7. The SMILES string of the molecule is CC(C)OCC(OC(=O)[C@H](C)CS)C(=O)O.NC12CC3CC(CC(C3)C1)C2. The highest BCUT2D eigenvalue weighted by Crippen LogP contribution is 2.54. The Bertz CT molecular complexity index is 489. The molecule has 4 fully saturated rings. The number of ether oxygens (including phenoxy) is 2. The second kappa shape index (κ2) is 9.61. The van der Waals surface area contributed by atoms with Crippen LogP contribution in [0.5, 0.6) is 0 Å². The summed E-state index contributed by atoms with van der Waals surface area (Å²) in [5, 5.41) is 8.81. The van der Waals surface area contributed by atoms with Crippen molar-refractivity contribution in [2.45, 2.75) is 77.0 Å². The van der Waals surface area contributed by atoms with Crippen LogP contribution in [0, 0.1) is 23.7 Å². The molecule has 0 aromatic carbocycles. The lowest BCUT2D eigenvalue weighted by molar-refractivity contribution is -0.171. The Morgan fingerprint density at radius 3 is 1.93 bits per heavy atom. The first-order valence-electron chi connectivity index (χ1n) is 10.1. The molecule has 4 aliphatic rings. The maximum atomic E-state index is 11.3. The first-order valence-corrected chi connectivity index (χ1v) is 10.7. The molecule has 0 aliphatic heterocycles. The highest BCUT2D eigenvalue weighted by Gasteiger charge is 2.48. The molecule has 2 atom stereocenters. The number of hydrogen-bond acceptors (Lipinski definition) is 6. The number of carboxylic acids is 1. The van der Waals surface area contributed by atoms with E-state index < -0.39 is 24.0 Å². The molecule has 4 aliphatic carbocycles. The van der Waals surface area contributed by atoms with Gasteiger partial charge in [0.2, 0.25) is 6.10 Å². The average Bonchev–Trinajstić information content (AvgIpc) is 2.55. The van der Waals surface area contributed by atoms with Crippen LogP contribution in [0.2, 0.25) is 0 Å². The zero-order valence-corrected chi connectivity index (χ0v) is 17.6. The third kappa shape index (κ3) is 6.64. The standard InChI is InChI=1S/C10H17N.C10H18O5S/c11-10-4-7-1-8(5-10)3-9(2-7)6-10;1-6(2)14-4-8(9(11)12)15-10(13)7(3)5-16/h7-9H,1-6,11H2;6-8,16H,4-5H2,1-3H3,(H,11,12)/t;7-,8?/m.1/s1. The van der Waals surface area contributed by atoms with Gasteiger partial charge in [0.05, 0.1) is 18.6 Å². The Morgan fingerprint density at radius 1 is 1.11 bits per heavy atom. The number of aliphatic carboxylic acids is 1. The van der Waals surface area contributed by atoms with E-state index in [0.29, 0.717) is 11.3 Å². The zero-order valence-electron chi connectivity index (χ0n) is 16.7. The van der Waals surface area contributed by atoms with Gasteiger partial charge in [-0.1, -0.05) is 6.92 Å². The molecular formula is C20H35NO5S. The largest absolute Gasteiger partial charge is 0.478 e. The van der Waals surface area contributed by atoms with Crippen molar-refractivity contribution in [2.24, 2.45) is 29.4 Å². The summed E-state index contributed by atoms with van der Waals surface area (Å²) in [6.07, 6.45) is 7.21. The van der Waals surface area contributed by atoms with Gasteiger partial charge in [-0.3, -0.25) is 4.79 Å². The van der Waals surface area contributed by atoms with E-state index in [-0.39, 0.29) is 12.7 Å². The summed E-state index contributed by atoms with van der Waals surface area (Å²) < 4.78 is 9.91. The van der Waals surface area contributed by atoms with Gasteiger partial charge in [0.1, 0.15) is 0 Å². The monoisotopic (exact) mass is 401 g/mol. The van der Waals surface area contributed by atoms with E-state index in [1.165, 1.54) is 38.5 Å². The molecule has 27 heavy (non-hydrogen) atoms. The molecule has 4 rings (SSSR count). The highest BCUT2D eigenvalue weighted by molar-refractivity contribution is 7.80. The molecule has 3 N–H and O–H groups in total. The lowest BCUT2D eigenvalue weighted by Crippen LogP contribution is -2.55. The van der Waals surface area contributed by atoms with Crippen LogP contribution in [0.3, 0.4) is 0 Å². The van der Waals surface area contributed by atoms with Crippen molar-refractivity contribution in [3.63, 3.8) is 0 Å². The molecule has 7 heteroatoms. The molecule has 0 aromatic rings. The van der Waals surface area contributed by atoms with E-state index in [1.54, 1.807) is 20.8 Å². The van der Waals surface area contributed by atoms with Gasteiger partial charge in [-0.2, -0.15) is 12.6 Å². The number of carbonyl (C=O) groups is 2. The van der Waals surface area contributed by atoms with Crippen LogP contribution in [-0.2, 0) is 19.1 Å². The van der Waals surface area contributed by atoms with Crippen molar-refractivity contribution in [1.29, 1.82) is 0 Å². The summed E-state index contributed by atoms with van der Waals surface area (Å²) >= 11 is 3.93. The maximum absolute atomic E-state index is 11.3. The molecule has 6 nitrogen and oxygen atoms in total. The van der Waals surface area contributed by atoms with Gasteiger partial charge in [-0.25, -0.2) is 4.79 Å². The molecule has 156 valence electrons. The Morgan fingerprint density at radius 2 is 1.59 bits per heavy atom. The normalized spacial score (nSPS) is 33.2. The third-order valence-electron chi connectivity index (χ3n) is 5.88. The second-order valence-electron chi connectivity index (χ2n) is 9.01. The fraction of sp³-hybridized carbons (Fsp3) is 0.900. The fourth-order valence-corrected chi connectivity index (χ4v) is 5.09. The molecule has 0 aromatic heterocycles. The molecule has 4 saturated carbocycles. The second-order valence-corrected chi connectivity index (χ2v) is 9.37. The Hall–Kier alpha value is -0.790. The van der Waals surface area contributed by atoms with E-state index in [4.69, 9.17) is 20.3 Å². The number of hydrogen-bond donors (Lipinski definition) is 3. The van der Waals surface area contributed by atoms with E-state index in [9.17, 15) is 9.59 Å². The van der Waals surface area contributed by atoms with Gasteiger partial charge in [0, 0.05) is 11.3 Å². The van der Waals surface area contributed by atoms with Crippen molar-refractivity contribution < 1.29 is 24.2 Å². The Labute approximate surface area is 168 Å². The van der Waals surface area contributed by atoms with Gasteiger partial charge in [-0.15, -0.1) is 0 Å². The van der Waals surface area contributed by atoms with E-state index >= 15 is 0 Å². The molecule has 0 heterocycles. The van der Waals surface area contributed by atoms with Crippen LogP contribution in [0.25, 0.3) is 0 Å². The molecule has 0 saturated heterocycles. The lowest BCUT2D eigenvalue weighted by atomic mass is 9.53. The zero-order chi connectivity index (χ0) is 20.2. The van der Waals surface area contributed by atoms with Crippen molar-refractivity contribution in [3.05, 3.63) is 0 Å². The summed E-state index contributed by atoms with van der Waals surface area (Å²) in [6, 6.07) is 0. The molecule has 0 spiro atoms. The van der Waals surface area contributed by atoms with Crippen LogP contribution in [0.4, 0.5) is 0 Å². The first-order chi connectivity index (χ1) is 12.6. The number of esters is 1. The summed E-state index contributed by atoms with van der Waals surface area (Å²) in [4.78, 5) is 22.1. The minimum atomic E-state index is -1.25. The van der Waals surface area contributed by atoms with Crippen LogP contribution in [0.15, 0.2) is 0 Å². The third-order valence-corrected chi connectivity index (χ3v) is 6.42. The first kappa shape index (κ1) is 22.5. The van der Waals surface area contributed by atoms with Crippen molar-refractivity contribution in [1.82, 2.24) is 0 Å². The van der Waals surface area contributed by atoms with Crippen molar-refractivity contribution in [3.8, 4) is 0 Å². The molecule has 0 radical (unpaired) electrons. The lowest BCUT2D eigenvalue weighted by Gasteiger charge is -2.55. The van der Waals surface area contributed by atoms with E-state index in [1.807, 2.05) is 0 Å². The fourth-order valence-electron chi connectivity index (χ4n) is 4.94. The molecule has 4 bridgehead atoms. The number of carboxylic acid groups (broad SMARTS) is 1. The quantitative estimate of drug-likeness (QED) is 0.448. The average molecular weight is 402 g/mol. The molecule has 0 amide bonds. The van der Waals surface area contributed by atoms with E-state index in [0.717, 1.165) is 17.8 Å². The minimum absolute atomic E-state index is 0.108. The Kier molecular flexibility index (Phi) is 8.01. The van der Waals surface area contributed by atoms with Crippen LogP contribution < -0.4 is 5.73 Å². The van der Waals surface area contributed by atoms with Gasteiger partial charge < -0.3 is 20.3 Å². The van der Waals surface area contributed by atoms with Crippen LogP contribution >= 0.6 is 12.6 Å². The summed E-state index contributed by atoms with van der Waals surface area (Å²) in [5.74, 6) is 1.17. The summed E-state index contributed by atoms with van der Waals surface area (Å²) in [7, 11) is 0. The predicted octanol–water partition coefficient (Wildman–Crippen LogP) is 2.89. The smallest absolute Gasteiger partial charge is 0.347 e. The highest BCUT2D eigenvalue weighted by atomic mass is 32.1. The van der Waals surface area contributed by atoms with E-state index in [2.05, 4.69) is 12.6 Å². The summed E-state index contributed by atoms with van der Waals surface area (Å²) in [5.41, 5.74) is 6.62. The van der Waals surface area contributed by atoms with Crippen LogP contribution in [0.1, 0.15) is 59.3 Å². The molecular weight excluding hydrogens is 366 g/mol. The van der Waals surface area contributed by atoms with Crippen LogP contribution in [-0.4, -0.2) is 47.2 Å². The van der Waals surface area contributed by atoms with Crippen molar-refractivity contribution in [2.75, 3.05) is 12.4 Å². The maximum Gasteiger partial charge on any atom is 0.347 e. The number of carbonyl (C=O) groups excluding carboxylic acids is 1. The predicted molar refractivity (Wildman–Crippen MR) is 107 cm³/mol. The van der Waals surface area contributed by atoms with Gasteiger partial charge in [0.15, 0.2) is 0 Å². The summed E-state index contributed by atoms with van der Waals surface area (Å²) in [6.45, 7) is 5.03. The van der Waals surface area contributed by atoms with Crippen molar-refractivity contribution >= 4 is 24.6 Å².